The van der Waals surface area contributed by atoms with Gasteiger partial charge in [0.05, 0.1) is 0 Å². The van der Waals surface area contributed by atoms with Crippen LogP contribution in [0.5, 0.6) is 0 Å². The quantitative estimate of drug-likeness (QED) is 0.594. The minimum absolute atomic E-state index is 0.490. The van der Waals surface area contributed by atoms with Gasteiger partial charge in [-0.15, -0.1) is 0 Å². The summed E-state index contributed by atoms with van der Waals surface area (Å²) in [5.41, 5.74) is 0.490. The largest absolute Gasteiger partial charge is 0.478 e. The van der Waals surface area contributed by atoms with Gasteiger partial charge in [-0.3, -0.25) is 0 Å². The zero-order valence-electron chi connectivity index (χ0n) is 6.13. The van der Waals surface area contributed by atoms with Crippen LogP contribution in [0.3, 0.4) is 0 Å². The Balaban J connectivity index is 2.44. The van der Waals surface area contributed by atoms with E-state index in [1.165, 1.54) is 19.3 Å². The van der Waals surface area contributed by atoms with Crippen LogP contribution < -0.4 is 0 Å². The van der Waals surface area contributed by atoms with Crippen LogP contribution in [-0.2, 0) is 4.79 Å². The van der Waals surface area contributed by atoms with Crippen molar-refractivity contribution in [3.05, 3.63) is 11.6 Å². The molecule has 0 aromatic rings. The van der Waals surface area contributed by atoms with E-state index < -0.39 is 5.97 Å². The third-order valence-corrected chi connectivity index (χ3v) is 1.97. The van der Waals surface area contributed by atoms with Crippen molar-refractivity contribution in [2.75, 3.05) is 0 Å². The molecule has 0 spiro atoms. The summed E-state index contributed by atoms with van der Waals surface area (Å²) in [5.74, 6) is -0.233. The third kappa shape index (κ3) is 1.59. The van der Waals surface area contributed by atoms with Gasteiger partial charge < -0.3 is 5.11 Å². The first kappa shape index (κ1) is 7.32. The maximum atomic E-state index is 10.3. The molecular formula is C8H12O2. The number of carboxylic acids is 1. The van der Waals surface area contributed by atoms with Gasteiger partial charge in [0.15, 0.2) is 0 Å². The fourth-order valence-corrected chi connectivity index (χ4v) is 1.03. The molecule has 56 valence electrons. The summed E-state index contributed by atoms with van der Waals surface area (Å²) in [5, 5.41) is 8.48. The fourth-order valence-electron chi connectivity index (χ4n) is 1.03. The molecule has 1 aliphatic carbocycles. The number of hydrogen-bond acceptors (Lipinski definition) is 1. The summed E-state index contributed by atoms with van der Waals surface area (Å²) in [6.45, 7) is 1.65. The van der Waals surface area contributed by atoms with Gasteiger partial charge in [-0.2, -0.15) is 0 Å². The van der Waals surface area contributed by atoms with E-state index >= 15 is 0 Å². The molecule has 0 aromatic carbocycles. The predicted octanol–water partition coefficient (Wildman–Crippen LogP) is 1.82. The Labute approximate surface area is 60.6 Å². The predicted molar refractivity (Wildman–Crippen MR) is 38.7 cm³/mol. The second kappa shape index (κ2) is 2.86. The molecule has 0 aromatic heterocycles. The highest BCUT2D eigenvalue weighted by Gasteiger charge is 2.15. The summed E-state index contributed by atoms with van der Waals surface area (Å²) in [6, 6.07) is 0. The summed E-state index contributed by atoms with van der Waals surface area (Å²) >= 11 is 0. The molecule has 1 N–H and O–H groups in total. The molecule has 0 radical (unpaired) electrons. The first-order valence-corrected chi connectivity index (χ1v) is 3.62. The lowest BCUT2D eigenvalue weighted by Gasteiger charge is -2.21. The number of aliphatic carboxylic acids is 1. The van der Waals surface area contributed by atoms with Crippen molar-refractivity contribution in [2.24, 2.45) is 5.92 Å². The lowest BCUT2D eigenvalue weighted by Crippen LogP contribution is -2.09. The molecule has 1 rings (SSSR count). The van der Waals surface area contributed by atoms with Crippen LogP contribution in [0.25, 0.3) is 0 Å². The number of rotatable bonds is 2. The highest BCUT2D eigenvalue weighted by molar-refractivity contribution is 5.85. The maximum Gasteiger partial charge on any atom is 0.330 e. The Morgan fingerprint density at radius 2 is 2.20 bits per heavy atom. The second-order valence-electron chi connectivity index (χ2n) is 2.85. The van der Waals surface area contributed by atoms with E-state index in [0.717, 1.165) is 0 Å². The lowest BCUT2D eigenvalue weighted by atomic mass is 9.84. The molecule has 0 aliphatic heterocycles. The van der Waals surface area contributed by atoms with Crippen LogP contribution in [0.4, 0.5) is 0 Å². The molecular weight excluding hydrogens is 128 g/mol. The first-order valence-electron chi connectivity index (χ1n) is 3.62. The number of carboxylic acid groups (broad SMARTS) is 1. The number of allylic oxidation sites excluding steroid dienone is 1. The Morgan fingerprint density at radius 1 is 1.60 bits per heavy atom. The van der Waals surface area contributed by atoms with Crippen molar-refractivity contribution in [3.63, 3.8) is 0 Å². The molecule has 2 heteroatoms. The summed E-state index contributed by atoms with van der Waals surface area (Å²) < 4.78 is 0. The molecule has 1 saturated carbocycles. The summed E-state index contributed by atoms with van der Waals surface area (Å²) in [7, 11) is 0. The van der Waals surface area contributed by atoms with E-state index in [1.807, 2.05) is 6.08 Å². The van der Waals surface area contributed by atoms with E-state index in [2.05, 4.69) is 0 Å². The smallest absolute Gasteiger partial charge is 0.330 e. The van der Waals surface area contributed by atoms with E-state index in [1.54, 1.807) is 6.92 Å². The molecule has 1 aliphatic rings. The van der Waals surface area contributed by atoms with Gasteiger partial charge in [-0.05, 0) is 25.7 Å². The molecule has 0 atom stereocenters. The molecule has 0 amide bonds. The third-order valence-electron chi connectivity index (χ3n) is 1.97. The van der Waals surface area contributed by atoms with E-state index in [-0.39, 0.29) is 0 Å². The molecule has 2 nitrogen and oxygen atoms in total. The van der Waals surface area contributed by atoms with Crippen molar-refractivity contribution in [2.45, 2.75) is 26.2 Å². The Bertz CT molecular complexity index is 166. The van der Waals surface area contributed by atoms with Crippen molar-refractivity contribution in [1.82, 2.24) is 0 Å². The fraction of sp³-hybridized carbons (Fsp3) is 0.625. The van der Waals surface area contributed by atoms with E-state index in [0.29, 0.717) is 11.5 Å². The molecule has 1 fully saturated rings. The van der Waals surface area contributed by atoms with Crippen molar-refractivity contribution in [3.8, 4) is 0 Å². The van der Waals surface area contributed by atoms with E-state index in [9.17, 15) is 4.79 Å². The van der Waals surface area contributed by atoms with Crippen LogP contribution in [0, 0.1) is 5.92 Å². The summed E-state index contributed by atoms with van der Waals surface area (Å²) in [6.07, 6.45) is 5.47. The molecule has 0 bridgehead atoms. The van der Waals surface area contributed by atoms with Crippen LogP contribution in [-0.4, -0.2) is 11.1 Å². The Kier molecular flexibility index (Phi) is 2.10. The SMILES string of the molecule is C/C(=C\C1CCC1)C(=O)O. The number of hydrogen-bond donors (Lipinski definition) is 1. The average Bonchev–Trinajstić information content (AvgIpc) is 1.77. The normalized spacial score (nSPS) is 20.3. The first-order chi connectivity index (χ1) is 4.70. The standard InChI is InChI=1S/C8H12O2/c1-6(8(9)10)5-7-3-2-4-7/h5,7H,2-4H2,1H3,(H,9,10)/b6-5+. The average molecular weight is 140 g/mol. The highest BCUT2D eigenvalue weighted by atomic mass is 16.4. The second-order valence-corrected chi connectivity index (χ2v) is 2.85. The zero-order chi connectivity index (χ0) is 7.56. The molecule has 0 unspecified atom stereocenters. The van der Waals surface area contributed by atoms with Gasteiger partial charge >= 0.3 is 5.97 Å². The van der Waals surface area contributed by atoms with Gasteiger partial charge in [-0.25, -0.2) is 4.79 Å². The van der Waals surface area contributed by atoms with Gasteiger partial charge in [0.25, 0.3) is 0 Å². The van der Waals surface area contributed by atoms with Crippen molar-refractivity contribution >= 4 is 5.97 Å². The van der Waals surface area contributed by atoms with E-state index in [4.69, 9.17) is 5.11 Å². The van der Waals surface area contributed by atoms with Gasteiger partial charge in [0.2, 0.25) is 0 Å². The van der Waals surface area contributed by atoms with Crippen LogP contribution >= 0.6 is 0 Å². The minimum atomic E-state index is -0.785. The monoisotopic (exact) mass is 140 g/mol. The number of carbonyl (C=O) groups is 1. The van der Waals surface area contributed by atoms with Gasteiger partial charge in [0.1, 0.15) is 0 Å². The van der Waals surface area contributed by atoms with Crippen LogP contribution in [0.1, 0.15) is 26.2 Å². The molecule has 0 saturated heterocycles. The van der Waals surface area contributed by atoms with Crippen LogP contribution in [0.15, 0.2) is 11.6 Å². The Morgan fingerprint density at radius 3 is 2.50 bits per heavy atom. The van der Waals surface area contributed by atoms with Crippen molar-refractivity contribution in [1.29, 1.82) is 0 Å². The maximum absolute atomic E-state index is 10.3. The van der Waals surface area contributed by atoms with Gasteiger partial charge in [0, 0.05) is 5.57 Å². The van der Waals surface area contributed by atoms with Gasteiger partial charge in [-0.1, -0.05) is 12.5 Å². The topological polar surface area (TPSA) is 37.3 Å². The minimum Gasteiger partial charge on any atom is -0.478 e. The zero-order valence-corrected chi connectivity index (χ0v) is 6.13. The summed E-state index contributed by atoms with van der Waals surface area (Å²) in [4.78, 5) is 10.3. The highest BCUT2D eigenvalue weighted by Crippen LogP contribution is 2.28. The Hall–Kier alpha value is -0.790. The molecule has 10 heavy (non-hydrogen) atoms. The van der Waals surface area contributed by atoms with Crippen molar-refractivity contribution < 1.29 is 9.90 Å². The lowest BCUT2D eigenvalue weighted by molar-refractivity contribution is -0.132. The molecule has 0 heterocycles. The van der Waals surface area contributed by atoms with Crippen LogP contribution in [0.2, 0.25) is 0 Å².